The van der Waals surface area contributed by atoms with Crippen LogP contribution in [0.4, 0.5) is 4.79 Å². The second kappa shape index (κ2) is 5.29. The maximum absolute atomic E-state index is 12.3. The Morgan fingerprint density at radius 1 is 1.43 bits per heavy atom. The summed E-state index contributed by atoms with van der Waals surface area (Å²) in [5, 5.41) is 7.23. The molecule has 0 bridgehead atoms. The van der Waals surface area contributed by atoms with Gasteiger partial charge in [0.15, 0.2) is 5.82 Å². The minimum atomic E-state index is -0.498. The van der Waals surface area contributed by atoms with Gasteiger partial charge in [-0.15, -0.1) is 0 Å². The van der Waals surface area contributed by atoms with Gasteiger partial charge in [-0.05, 0) is 33.6 Å². The first-order valence-corrected chi connectivity index (χ1v) is 7.48. The van der Waals surface area contributed by atoms with E-state index in [9.17, 15) is 4.79 Å². The van der Waals surface area contributed by atoms with Crippen LogP contribution in [0.1, 0.15) is 57.3 Å². The second-order valence-electron chi connectivity index (χ2n) is 6.68. The van der Waals surface area contributed by atoms with Crippen LogP contribution in [0, 0.1) is 0 Å². The third-order valence-electron chi connectivity index (χ3n) is 3.77. The Labute approximate surface area is 124 Å². The summed E-state index contributed by atoms with van der Waals surface area (Å²) >= 11 is 0. The SMILES string of the molecule is CC(C)(C)OC(=O)N1CCCC1c1nc(C2CNC2)no1. The van der Waals surface area contributed by atoms with E-state index in [0.717, 1.165) is 31.8 Å². The summed E-state index contributed by atoms with van der Waals surface area (Å²) in [6.45, 7) is 8.04. The van der Waals surface area contributed by atoms with E-state index in [2.05, 4.69) is 15.5 Å². The number of aromatic nitrogens is 2. The predicted octanol–water partition coefficient (Wildman–Crippen LogP) is 1.83. The summed E-state index contributed by atoms with van der Waals surface area (Å²) in [5.41, 5.74) is -0.498. The van der Waals surface area contributed by atoms with Crippen molar-refractivity contribution in [2.45, 2.75) is 51.2 Å². The molecule has 1 amide bonds. The molecule has 7 heteroatoms. The van der Waals surface area contributed by atoms with Gasteiger partial charge in [0.05, 0.1) is 0 Å². The molecule has 2 fully saturated rings. The molecule has 0 aromatic carbocycles. The zero-order chi connectivity index (χ0) is 15.0. The van der Waals surface area contributed by atoms with Crippen molar-refractivity contribution in [1.82, 2.24) is 20.4 Å². The fourth-order valence-electron chi connectivity index (χ4n) is 2.58. The van der Waals surface area contributed by atoms with Gasteiger partial charge in [-0.25, -0.2) is 4.79 Å². The fraction of sp³-hybridized carbons (Fsp3) is 0.786. The molecule has 21 heavy (non-hydrogen) atoms. The summed E-state index contributed by atoms with van der Waals surface area (Å²) in [6, 6.07) is -0.158. The lowest BCUT2D eigenvalue weighted by molar-refractivity contribution is 0.0199. The number of rotatable bonds is 2. The highest BCUT2D eigenvalue weighted by atomic mass is 16.6. The van der Waals surface area contributed by atoms with Crippen LogP contribution in [0.15, 0.2) is 4.52 Å². The Bertz CT molecular complexity index is 519. The number of carbonyl (C=O) groups excluding carboxylic acids is 1. The molecule has 2 saturated heterocycles. The number of hydrogen-bond acceptors (Lipinski definition) is 6. The smallest absolute Gasteiger partial charge is 0.410 e. The summed E-state index contributed by atoms with van der Waals surface area (Å²) in [7, 11) is 0. The molecule has 0 saturated carbocycles. The predicted molar refractivity (Wildman–Crippen MR) is 74.8 cm³/mol. The Morgan fingerprint density at radius 3 is 2.81 bits per heavy atom. The molecule has 3 heterocycles. The number of nitrogens with one attached hydrogen (secondary N) is 1. The zero-order valence-corrected chi connectivity index (χ0v) is 12.8. The molecule has 0 radical (unpaired) electrons. The second-order valence-corrected chi connectivity index (χ2v) is 6.68. The highest BCUT2D eigenvalue weighted by molar-refractivity contribution is 5.69. The van der Waals surface area contributed by atoms with Crippen molar-refractivity contribution in [1.29, 1.82) is 0 Å². The Hall–Kier alpha value is -1.63. The molecule has 7 nitrogen and oxygen atoms in total. The molecular weight excluding hydrogens is 272 g/mol. The summed E-state index contributed by atoms with van der Waals surface area (Å²) in [6.07, 6.45) is 1.45. The highest BCUT2D eigenvalue weighted by Crippen LogP contribution is 2.33. The van der Waals surface area contributed by atoms with Crippen LogP contribution in [0.25, 0.3) is 0 Å². The topological polar surface area (TPSA) is 80.5 Å². The molecule has 1 unspecified atom stereocenters. The van der Waals surface area contributed by atoms with E-state index in [4.69, 9.17) is 9.26 Å². The highest BCUT2D eigenvalue weighted by Gasteiger charge is 2.37. The van der Waals surface area contributed by atoms with Crippen LogP contribution in [0.3, 0.4) is 0 Å². The first kappa shape index (κ1) is 14.3. The zero-order valence-electron chi connectivity index (χ0n) is 12.8. The van der Waals surface area contributed by atoms with Gasteiger partial charge in [0.1, 0.15) is 11.6 Å². The van der Waals surface area contributed by atoms with Crippen molar-refractivity contribution in [2.24, 2.45) is 0 Å². The van der Waals surface area contributed by atoms with Crippen molar-refractivity contribution < 1.29 is 14.1 Å². The molecule has 2 aliphatic heterocycles. The minimum absolute atomic E-state index is 0.158. The summed E-state index contributed by atoms with van der Waals surface area (Å²) < 4.78 is 10.8. The van der Waals surface area contributed by atoms with Gasteiger partial charge in [0.25, 0.3) is 0 Å². The van der Waals surface area contributed by atoms with Crippen LogP contribution >= 0.6 is 0 Å². The van der Waals surface area contributed by atoms with Gasteiger partial charge < -0.3 is 14.6 Å². The van der Waals surface area contributed by atoms with Crippen molar-refractivity contribution in [3.05, 3.63) is 11.7 Å². The summed E-state index contributed by atoms with van der Waals surface area (Å²) in [5.74, 6) is 1.60. The lowest BCUT2D eigenvalue weighted by atomic mass is 10.0. The fourth-order valence-corrected chi connectivity index (χ4v) is 2.58. The van der Waals surface area contributed by atoms with Gasteiger partial charge >= 0.3 is 6.09 Å². The quantitative estimate of drug-likeness (QED) is 0.896. The van der Waals surface area contributed by atoms with Gasteiger partial charge in [0, 0.05) is 25.6 Å². The lowest BCUT2D eigenvalue weighted by Gasteiger charge is -2.27. The number of nitrogens with zero attached hydrogens (tertiary/aromatic N) is 3. The monoisotopic (exact) mass is 294 g/mol. The van der Waals surface area contributed by atoms with Crippen LogP contribution in [0.5, 0.6) is 0 Å². The largest absolute Gasteiger partial charge is 0.444 e. The Kier molecular flexibility index (Phi) is 3.61. The molecule has 1 aromatic rings. The number of hydrogen-bond donors (Lipinski definition) is 1. The van der Waals surface area contributed by atoms with E-state index in [1.54, 1.807) is 4.90 Å². The molecule has 3 rings (SSSR count). The van der Waals surface area contributed by atoms with E-state index in [0.29, 0.717) is 18.4 Å². The van der Waals surface area contributed by atoms with E-state index >= 15 is 0 Å². The molecule has 1 atom stereocenters. The third-order valence-corrected chi connectivity index (χ3v) is 3.77. The van der Waals surface area contributed by atoms with Crippen molar-refractivity contribution >= 4 is 6.09 Å². The van der Waals surface area contributed by atoms with Crippen LogP contribution in [0.2, 0.25) is 0 Å². The van der Waals surface area contributed by atoms with Crippen LogP contribution in [-0.2, 0) is 4.74 Å². The lowest BCUT2D eigenvalue weighted by Crippen LogP contribution is -2.40. The van der Waals surface area contributed by atoms with E-state index in [1.807, 2.05) is 20.8 Å². The first-order chi connectivity index (χ1) is 9.94. The number of carbonyl (C=O) groups is 1. The number of likely N-dealkylation sites (tertiary alicyclic amines) is 1. The standard InChI is InChI=1S/C14H22N4O3/c1-14(2,3)20-13(19)18-6-4-5-10(18)12-16-11(17-21-12)9-7-15-8-9/h9-10,15H,4-8H2,1-3H3. The van der Waals surface area contributed by atoms with E-state index in [-0.39, 0.29) is 12.1 Å². The molecule has 0 aliphatic carbocycles. The maximum atomic E-state index is 12.3. The molecule has 1 N–H and O–H groups in total. The van der Waals surface area contributed by atoms with E-state index < -0.39 is 5.60 Å². The minimum Gasteiger partial charge on any atom is -0.444 e. The molecule has 2 aliphatic rings. The molecule has 116 valence electrons. The Morgan fingerprint density at radius 2 is 2.19 bits per heavy atom. The van der Waals surface area contributed by atoms with Crippen molar-refractivity contribution in [3.63, 3.8) is 0 Å². The van der Waals surface area contributed by atoms with Gasteiger partial charge in [-0.1, -0.05) is 5.16 Å². The van der Waals surface area contributed by atoms with Crippen molar-refractivity contribution in [3.8, 4) is 0 Å². The third kappa shape index (κ3) is 3.02. The molecule has 1 aromatic heterocycles. The van der Waals surface area contributed by atoms with Crippen LogP contribution < -0.4 is 5.32 Å². The molecule has 0 spiro atoms. The van der Waals surface area contributed by atoms with E-state index in [1.165, 1.54) is 0 Å². The molecular formula is C14H22N4O3. The Balaban J connectivity index is 1.71. The normalized spacial score (nSPS) is 23.2. The summed E-state index contributed by atoms with van der Waals surface area (Å²) in [4.78, 5) is 18.4. The number of ether oxygens (including phenoxy) is 1. The van der Waals surface area contributed by atoms with Crippen LogP contribution in [-0.4, -0.2) is 46.4 Å². The first-order valence-electron chi connectivity index (χ1n) is 7.48. The maximum Gasteiger partial charge on any atom is 0.410 e. The van der Waals surface area contributed by atoms with Gasteiger partial charge in [-0.2, -0.15) is 4.98 Å². The van der Waals surface area contributed by atoms with Gasteiger partial charge in [-0.3, -0.25) is 4.90 Å². The average Bonchev–Trinajstić information content (AvgIpc) is 2.90. The van der Waals surface area contributed by atoms with Gasteiger partial charge in [0.2, 0.25) is 5.89 Å². The number of amides is 1. The average molecular weight is 294 g/mol. The van der Waals surface area contributed by atoms with Crippen molar-refractivity contribution in [2.75, 3.05) is 19.6 Å².